The predicted molar refractivity (Wildman–Crippen MR) is 91.7 cm³/mol. The zero-order valence-electron chi connectivity index (χ0n) is 13.0. The molecule has 1 heterocycles. The Kier molecular flexibility index (Phi) is 4.99. The number of rotatable bonds is 5. The Morgan fingerprint density at radius 1 is 1.44 bits per heavy atom. The molecule has 130 valence electrons. The van der Waals surface area contributed by atoms with Gasteiger partial charge in [0.15, 0.2) is 17.2 Å². The van der Waals surface area contributed by atoms with Gasteiger partial charge >= 0.3 is 0 Å². The second-order valence-electron chi connectivity index (χ2n) is 5.30. The number of hydrogen-bond acceptors (Lipinski definition) is 6. The van der Waals surface area contributed by atoms with Crippen LogP contribution < -0.4 is 16.2 Å². The molecule has 0 amide bonds. The topological polar surface area (TPSA) is 113 Å². The average Bonchev–Trinajstić information content (AvgIpc) is 3.05. The van der Waals surface area contributed by atoms with Gasteiger partial charge in [0.25, 0.3) is 0 Å². The minimum absolute atomic E-state index is 0.0105. The molecule has 0 saturated heterocycles. The predicted octanol–water partition coefficient (Wildman–Crippen LogP) is 2.68. The second-order valence-corrected chi connectivity index (χ2v) is 5.71. The van der Waals surface area contributed by atoms with Crippen LogP contribution in [0.1, 0.15) is 17.8 Å². The summed E-state index contributed by atoms with van der Waals surface area (Å²) in [6, 6.07) is 6.58. The van der Waals surface area contributed by atoms with Crippen molar-refractivity contribution < 1.29 is 13.8 Å². The SMILES string of the molecule is NC(=NC1C=C(Cl)C(F)=CC1)c1nonc1COc1cccc(N)c1. The molecule has 0 aliphatic heterocycles. The number of aromatic nitrogens is 2. The van der Waals surface area contributed by atoms with E-state index in [0.29, 0.717) is 23.6 Å². The molecule has 7 nitrogen and oxygen atoms in total. The highest BCUT2D eigenvalue weighted by Crippen LogP contribution is 2.25. The van der Waals surface area contributed by atoms with Gasteiger partial charge < -0.3 is 16.2 Å². The van der Waals surface area contributed by atoms with E-state index in [2.05, 4.69) is 15.3 Å². The van der Waals surface area contributed by atoms with Gasteiger partial charge in [-0.2, -0.15) is 0 Å². The smallest absolute Gasteiger partial charge is 0.176 e. The lowest BCUT2D eigenvalue weighted by molar-refractivity contribution is 0.270. The third kappa shape index (κ3) is 4.16. The Morgan fingerprint density at radius 2 is 2.28 bits per heavy atom. The number of amidine groups is 1. The molecule has 1 unspecified atom stereocenters. The molecule has 1 atom stereocenters. The van der Waals surface area contributed by atoms with Crippen molar-refractivity contribution in [2.75, 3.05) is 5.73 Å². The molecule has 1 aliphatic rings. The van der Waals surface area contributed by atoms with Crippen LogP contribution in [-0.2, 0) is 6.61 Å². The van der Waals surface area contributed by atoms with E-state index in [1.807, 2.05) is 0 Å². The van der Waals surface area contributed by atoms with E-state index in [9.17, 15) is 4.39 Å². The summed E-state index contributed by atoms with van der Waals surface area (Å²) in [5.74, 6) is 0.215. The van der Waals surface area contributed by atoms with Gasteiger partial charge in [0.05, 0.1) is 11.1 Å². The quantitative estimate of drug-likeness (QED) is 0.479. The fourth-order valence-electron chi connectivity index (χ4n) is 2.22. The van der Waals surface area contributed by atoms with Crippen LogP contribution in [-0.4, -0.2) is 22.2 Å². The number of ether oxygens (including phenoxy) is 1. The molecule has 0 bridgehead atoms. The van der Waals surface area contributed by atoms with Crippen molar-refractivity contribution in [1.29, 1.82) is 0 Å². The molecular weight excluding hydrogens is 349 g/mol. The Morgan fingerprint density at radius 3 is 3.04 bits per heavy atom. The van der Waals surface area contributed by atoms with Gasteiger partial charge in [0.2, 0.25) is 0 Å². The zero-order chi connectivity index (χ0) is 17.8. The maximum Gasteiger partial charge on any atom is 0.176 e. The van der Waals surface area contributed by atoms with E-state index < -0.39 is 5.83 Å². The lowest BCUT2D eigenvalue weighted by Gasteiger charge is -2.12. The van der Waals surface area contributed by atoms with Gasteiger partial charge in [-0.05, 0) is 35.9 Å². The first-order chi connectivity index (χ1) is 12.0. The molecule has 3 rings (SSSR count). The Hall–Kier alpha value is -2.87. The van der Waals surface area contributed by atoms with Crippen LogP contribution in [0.5, 0.6) is 5.75 Å². The molecule has 25 heavy (non-hydrogen) atoms. The number of hydrogen-bond donors (Lipinski definition) is 2. The van der Waals surface area contributed by atoms with Gasteiger partial charge in [-0.15, -0.1) is 0 Å². The maximum atomic E-state index is 13.2. The Bertz CT molecular complexity index is 862. The largest absolute Gasteiger partial charge is 0.487 e. The van der Waals surface area contributed by atoms with Crippen LogP contribution in [0.3, 0.4) is 0 Å². The van der Waals surface area contributed by atoms with Crippen LogP contribution in [0.4, 0.5) is 10.1 Å². The van der Waals surface area contributed by atoms with Crippen molar-refractivity contribution in [3.8, 4) is 5.75 Å². The first-order valence-electron chi connectivity index (χ1n) is 7.39. The van der Waals surface area contributed by atoms with Crippen LogP contribution in [0, 0.1) is 0 Å². The summed E-state index contributed by atoms with van der Waals surface area (Å²) in [7, 11) is 0. The van der Waals surface area contributed by atoms with Crippen molar-refractivity contribution in [1.82, 2.24) is 10.3 Å². The van der Waals surface area contributed by atoms with E-state index in [1.165, 1.54) is 12.2 Å². The molecular formula is C16H15ClFN5O2. The number of benzene rings is 1. The fraction of sp³-hybridized carbons (Fsp3) is 0.188. The number of nitrogens with two attached hydrogens (primary N) is 2. The zero-order valence-corrected chi connectivity index (χ0v) is 13.8. The summed E-state index contributed by atoms with van der Waals surface area (Å²) in [4.78, 5) is 4.28. The lowest BCUT2D eigenvalue weighted by atomic mass is 10.1. The van der Waals surface area contributed by atoms with Gasteiger partial charge in [0.1, 0.15) is 18.2 Å². The standard InChI is InChI=1S/C16H15ClFN5O2/c17-12-7-10(4-5-13(12)18)21-16(20)15-14(22-25-23-15)8-24-11-3-1-2-9(19)6-11/h1-3,5-7,10H,4,8,19H2,(H2,20,21). The van der Waals surface area contributed by atoms with E-state index in [0.717, 1.165) is 0 Å². The van der Waals surface area contributed by atoms with Crippen LogP contribution in [0.2, 0.25) is 0 Å². The molecule has 1 aromatic carbocycles. The van der Waals surface area contributed by atoms with Gasteiger partial charge in [-0.1, -0.05) is 22.8 Å². The lowest BCUT2D eigenvalue weighted by Crippen LogP contribution is -2.20. The van der Waals surface area contributed by atoms with Crippen molar-refractivity contribution in [3.63, 3.8) is 0 Å². The van der Waals surface area contributed by atoms with Gasteiger partial charge in [-0.25, -0.2) is 9.02 Å². The summed E-state index contributed by atoms with van der Waals surface area (Å²) in [5.41, 5.74) is 12.9. The van der Waals surface area contributed by atoms with E-state index >= 15 is 0 Å². The Balaban J connectivity index is 1.71. The summed E-state index contributed by atoms with van der Waals surface area (Å²) in [5, 5.41) is 7.54. The van der Waals surface area contributed by atoms with E-state index in [-0.39, 0.29) is 29.2 Å². The monoisotopic (exact) mass is 363 g/mol. The first kappa shape index (κ1) is 17.0. The van der Waals surface area contributed by atoms with Crippen LogP contribution >= 0.6 is 11.6 Å². The highest BCUT2D eigenvalue weighted by atomic mass is 35.5. The first-order valence-corrected chi connectivity index (χ1v) is 7.77. The van der Waals surface area contributed by atoms with Crippen LogP contribution in [0.25, 0.3) is 0 Å². The second kappa shape index (κ2) is 7.35. The third-order valence-electron chi connectivity index (χ3n) is 3.44. The van der Waals surface area contributed by atoms with Crippen molar-refractivity contribution in [2.45, 2.75) is 19.1 Å². The van der Waals surface area contributed by atoms with Crippen molar-refractivity contribution in [2.24, 2.45) is 10.7 Å². The highest BCUT2D eigenvalue weighted by molar-refractivity contribution is 6.31. The number of nitrogens with zero attached hydrogens (tertiary/aromatic N) is 3. The minimum Gasteiger partial charge on any atom is -0.487 e. The molecule has 4 N–H and O–H groups in total. The fourth-order valence-corrected chi connectivity index (χ4v) is 2.44. The number of allylic oxidation sites excluding steroid dienone is 2. The summed E-state index contributed by atoms with van der Waals surface area (Å²) >= 11 is 5.76. The number of anilines is 1. The number of aliphatic imine (C=N–C) groups is 1. The van der Waals surface area contributed by atoms with Crippen molar-refractivity contribution in [3.05, 3.63) is 58.7 Å². The Labute approximate surface area is 147 Å². The molecule has 0 spiro atoms. The third-order valence-corrected chi connectivity index (χ3v) is 3.75. The molecule has 1 aliphatic carbocycles. The van der Waals surface area contributed by atoms with E-state index in [1.54, 1.807) is 24.3 Å². The summed E-state index contributed by atoms with van der Waals surface area (Å²) in [6.07, 6.45) is 3.19. The number of nitrogen functional groups attached to an aromatic ring is 1. The minimum atomic E-state index is -0.467. The highest BCUT2D eigenvalue weighted by Gasteiger charge is 2.18. The molecule has 0 fully saturated rings. The van der Waals surface area contributed by atoms with Crippen molar-refractivity contribution >= 4 is 23.1 Å². The number of halogens is 2. The molecule has 0 saturated carbocycles. The van der Waals surface area contributed by atoms with Gasteiger partial charge in [0, 0.05) is 11.8 Å². The summed E-state index contributed by atoms with van der Waals surface area (Å²) < 4.78 is 23.6. The van der Waals surface area contributed by atoms with Crippen LogP contribution in [0.15, 0.2) is 56.9 Å². The molecule has 9 heteroatoms. The maximum absolute atomic E-state index is 13.2. The molecule has 1 aromatic heterocycles. The van der Waals surface area contributed by atoms with E-state index in [4.69, 9.17) is 32.4 Å². The van der Waals surface area contributed by atoms with Gasteiger partial charge in [-0.3, -0.25) is 4.99 Å². The molecule has 0 radical (unpaired) electrons. The summed E-state index contributed by atoms with van der Waals surface area (Å²) in [6.45, 7) is 0.0777. The molecule has 2 aromatic rings. The normalized spacial score (nSPS) is 17.8. The average molecular weight is 364 g/mol.